The highest BCUT2D eigenvalue weighted by Crippen LogP contribution is 2.30. The number of nitriles is 1. The summed E-state index contributed by atoms with van der Waals surface area (Å²) in [7, 11) is 0. The van der Waals surface area contributed by atoms with Crippen molar-refractivity contribution >= 4 is 23.0 Å². The van der Waals surface area contributed by atoms with Crippen molar-refractivity contribution in [1.82, 2.24) is 0 Å². The molecule has 0 radical (unpaired) electrons. The van der Waals surface area contributed by atoms with Crippen molar-refractivity contribution < 1.29 is 13.6 Å². The van der Waals surface area contributed by atoms with Crippen molar-refractivity contribution in [2.24, 2.45) is 4.99 Å². The van der Waals surface area contributed by atoms with E-state index in [-0.39, 0.29) is 17.9 Å². The first-order chi connectivity index (χ1) is 14.5. The van der Waals surface area contributed by atoms with E-state index in [9.17, 15) is 13.6 Å². The van der Waals surface area contributed by atoms with Crippen LogP contribution in [0, 0.1) is 34.8 Å². The molecule has 0 bridgehead atoms. The van der Waals surface area contributed by atoms with E-state index in [2.05, 4.69) is 28.2 Å². The molecule has 0 aromatic heterocycles. The van der Waals surface area contributed by atoms with Gasteiger partial charge >= 0.3 is 0 Å². The molecule has 3 aromatic carbocycles. The predicted octanol–water partition coefficient (Wildman–Crippen LogP) is 4.70. The van der Waals surface area contributed by atoms with Crippen LogP contribution in [-0.4, -0.2) is 11.6 Å². The molecule has 0 atom stereocenters. The molecular formula is C24H13F2N3O. The highest BCUT2D eigenvalue weighted by molar-refractivity contribution is 6.17. The molecule has 0 unspecified atom stereocenters. The number of carbonyl (C=O) groups is 1. The van der Waals surface area contributed by atoms with E-state index in [4.69, 9.17) is 5.26 Å². The van der Waals surface area contributed by atoms with E-state index in [1.54, 1.807) is 42.5 Å². The minimum absolute atomic E-state index is 0.0609. The van der Waals surface area contributed by atoms with Gasteiger partial charge in [0.2, 0.25) is 5.91 Å². The van der Waals surface area contributed by atoms with E-state index in [1.807, 2.05) is 0 Å². The van der Waals surface area contributed by atoms with Gasteiger partial charge in [-0.3, -0.25) is 9.79 Å². The van der Waals surface area contributed by atoms with Crippen LogP contribution in [-0.2, 0) is 4.79 Å². The summed E-state index contributed by atoms with van der Waals surface area (Å²) >= 11 is 0. The van der Waals surface area contributed by atoms with Crippen LogP contribution >= 0.6 is 0 Å². The Bertz CT molecular complexity index is 1310. The van der Waals surface area contributed by atoms with Gasteiger partial charge in [0.15, 0.2) is 0 Å². The van der Waals surface area contributed by atoms with Crippen LogP contribution in [0.2, 0.25) is 0 Å². The number of anilines is 1. The lowest BCUT2D eigenvalue weighted by Crippen LogP contribution is -2.15. The zero-order valence-electron chi connectivity index (χ0n) is 15.5. The first-order valence-corrected chi connectivity index (χ1v) is 9.01. The summed E-state index contributed by atoms with van der Waals surface area (Å²) < 4.78 is 26.8. The quantitative estimate of drug-likeness (QED) is 0.605. The number of halogens is 2. The topological polar surface area (TPSA) is 65.2 Å². The number of aliphatic imine (C=N–C) groups is 1. The van der Waals surface area contributed by atoms with Gasteiger partial charge in [0, 0.05) is 11.6 Å². The van der Waals surface area contributed by atoms with E-state index in [0.717, 1.165) is 12.1 Å². The number of nitrogens with one attached hydrogen (secondary N) is 1. The fourth-order valence-electron chi connectivity index (χ4n) is 3.01. The van der Waals surface area contributed by atoms with E-state index in [0.29, 0.717) is 33.8 Å². The number of carbonyl (C=O) groups excluding carboxylic acids is 1. The van der Waals surface area contributed by atoms with Gasteiger partial charge in [0.1, 0.15) is 11.6 Å². The molecule has 6 heteroatoms. The average Bonchev–Trinajstić information content (AvgIpc) is 2.90. The Morgan fingerprint density at radius 1 is 0.967 bits per heavy atom. The number of nitrogens with zero attached hydrogens (tertiary/aromatic N) is 2. The summed E-state index contributed by atoms with van der Waals surface area (Å²) in [6, 6.07) is 17.3. The van der Waals surface area contributed by atoms with Crippen molar-refractivity contribution in [3.8, 4) is 17.9 Å². The monoisotopic (exact) mass is 397 g/mol. The Kier molecular flexibility index (Phi) is 5.07. The molecule has 0 fully saturated rings. The minimum atomic E-state index is -0.737. The molecule has 30 heavy (non-hydrogen) atoms. The second kappa shape index (κ2) is 7.98. The molecule has 1 aliphatic heterocycles. The van der Waals surface area contributed by atoms with Crippen LogP contribution in [0.25, 0.3) is 0 Å². The lowest BCUT2D eigenvalue weighted by molar-refractivity contribution is -0.115. The summed E-state index contributed by atoms with van der Waals surface area (Å²) in [5.74, 6) is 3.83. The molecule has 0 saturated carbocycles. The standard InChI is InChI=1S/C24H13F2N3O/c25-19-8-7-17(20(26)12-19)6-4-15-5-9-21-23(11-15)29-24(30)13-22(28-21)18-3-1-2-16(10-18)14-27/h1-3,5,7-12H,13H2,(H,29,30). The second-order valence-corrected chi connectivity index (χ2v) is 6.58. The predicted molar refractivity (Wildman–Crippen MR) is 109 cm³/mol. The SMILES string of the molecule is N#Cc1cccc(C2=Nc3ccc(C#Cc4ccc(F)cc4F)cc3NC(=O)C2)c1. The number of amides is 1. The third kappa shape index (κ3) is 4.09. The zero-order valence-corrected chi connectivity index (χ0v) is 15.5. The Labute approximate surface area is 171 Å². The Balaban J connectivity index is 1.69. The summed E-state index contributed by atoms with van der Waals surface area (Å²) in [5.41, 5.74) is 3.40. The average molecular weight is 397 g/mol. The van der Waals surface area contributed by atoms with Gasteiger partial charge < -0.3 is 5.32 Å². The highest BCUT2D eigenvalue weighted by Gasteiger charge is 2.17. The lowest BCUT2D eigenvalue weighted by atomic mass is 10.0. The summed E-state index contributed by atoms with van der Waals surface area (Å²) in [5, 5.41) is 11.9. The van der Waals surface area contributed by atoms with Crippen LogP contribution in [0.3, 0.4) is 0 Å². The number of hydrogen-bond acceptors (Lipinski definition) is 3. The van der Waals surface area contributed by atoms with Crippen molar-refractivity contribution in [2.75, 3.05) is 5.32 Å². The van der Waals surface area contributed by atoms with Crippen LogP contribution in [0.15, 0.2) is 65.7 Å². The van der Waals surface area contributed by atoms with Crippen molar-refractivity contribution in [3.05, 3.63) is 94.6 Å². The highest BCUT2D eigenvalue weighted by atomic mass is 19.1. The molecule has 0 aliphatic carbocycles. The molecule has 4 rings (SSSR count). The van der Waals surface area contributed by atoms with Crippen LogP contribution in [0.4, 0.5) is 20.2 Å². The van der Waals surface area contributed by atoms with Gasteiger partial charge in [-0.2, -0.15) is 5.26 Å². The van der Waals surface area contributed by atoms with Crippen molar-refractivity contribution in [2.45, 2.75) is 6.42 Å². The third-order valence-corrected chi connectivity index (χ3v) is 4.45. The molecular weight excluding hydrogens is 384 g/mol. The molecule has 1 aliphatic rings. The van der Waals surface area contributed by atoms with Crippen LogP contribution in [0.1, 0.15) is 28.7 Å². The first kappa shape index (κ1) is 19.0. The second-order valence-electron chi connectivity index (χ2n) is 6.58. The maximum atomic E-state index is 13.8. The smallest absolute Gasteiger partial charge is 0.230 e. The Hall–Kier alpha value is -4.29. The van der Waals surface area contributed by atoms with Gasteiger partial charge in [-0.1, -0.05) is 24.0 Å². The molecule has 0 saturated heterocycles. The number of hydrogen-bond donors (Lipinski definition) is 1. The van der Waals surface area contributed by atoms with Crippen molar-refractivity contribution in [1.29, 1.82) is 5.26 Å². The summed E-state index contributed by atoms with van der Waals surface area (Å²) in [4.78, 5) is 17.0. The van der Waals surface area contributed by atoms with Gasteiger partial charge in [0.05, 0.1) is 40.7 Å². The maximum absolute atomic E-state index is 13.8. The molecule has 1 heterocycles. The van der Waals surface area contributed by atoms with Gasteiger partial charge in [0.25, 0.3) is 0 Å². The molecule has 4 nitrogen and oxygen atoms in total. The van der Waals surface area contributed by atoms with E-state index < -0.39 is 11.6 Å². The van der Waals surface area contributed by atoms with Crippen molar-refractivity contribution in [3.63, 3.8) is 0 Å². The largest absolute Gasteiger partial charge is 0.324 e. The summed E-state index contributed by atoms with van der Waals surface area (Å²) in [6.07, 6.45) is 0.0609. The van der Waals surface area contributed by atoms with Gasteiger partial charge in [-0.05, 0) is 48.0 Å². The summed E-state index contributed by atoms with van der Waals surface area (Å²) in [6.45, 7) is 0. The molecule has 3 aromatic rings. The van der Waals surface area contributed by atoms with Crippen LogP contribution < -0.4 is 5.32 Å². The number of rotatable bonds is 1. The normalized spacial score (nSPS) is 12.4. The minimum Gasteiger partial charge on any atom is -0.324 e. The van der Waals surface area contributed by atoms with Gasteiger partial charge in [-0.25, -0.2) is 8.78 Å². The number of benzene rings is 3. The Morgan fingerprint density at radius 2 is 1.83 bits per heavy atom. The first-order valence-electron chi connectivity index (χ1n) is 9.01. The molecule has 1 amide bonds. The molecule has 0 spiro atoms. The van der Waals surface area contributed by atoms with Crippen LogP contribution in [0.5, 0.6) is 0 Å². The fourth-order valence-corrected chi connectivity index (χ4v) is 3.01. The maximum Gasteiger partial charge on any atom is 0.230 e. The molecule has 1 N–H and O–H groups in total. The molecule has 144 valence electrons. The lowest BCUT2D eigenvalue weighted by Gasteiger charge is -2.04. The van der Waals surface area contributed by atoms with E-state index >= 15 is 0 Å². The Morgan fingerprint density at radius 3 is 2.63 bits per heavy atom. The fraction of sp³-hybridized carbons (Fsp3) is 0.0417. The van der Waals surface area contributed by atoms with E-state index in [1.165, 1.54) is 6.07 Å². The zero-order chi connectivity index (χ0) is 21.1. The van der Waals surface area contributed by atoms with Gasteiger partial charge in [-0.15, -0.1) is 0 Å². The number of fused-ring (bicyclic) bond motifs is 1. The third-order valence-electron chi connectivity index (χ3n) is 4.45.